The van der Waals surface area contributed by atoms with Crippen LogP contribution in [-0.2, 0) is 4.74 Å². The zero-order valence-corrected chi connectivity index (χ0v) is 12.8. The SMILES string of the molecule is COCCNc1cc(-c2cccnc2)nc(-c2ccncc2)n1. The van der Waals surface area contributed by atoms with Crippen molar-refractivity contribution >= 4 is 5.82 Å². The van der Waals surface area contributed by atoms with Crippen LogP contribution in [0.15, 0.2) is 55.1 Å². The summed E-state index contributed by atoms with van der Waals surface area (Å²) in [4.78, 5) is 17.4. The van der Waals surface area contributed by atoms with Crippen LogP contribution in [0.2, 0.25) is 0 Å². The van der Waals surface area contributed by atoms with E-state index in [1.807, 2.05) is 30.3 Å². The summed E-state index contributed by atoms with van der Waals surface area (Å²) in [5.41, 5.74) is 2.68. The van der Waals surface area contributed by atoms with E-state index in [9.17, 15) is 0 Å². The number of rotatable bonds is 6. The summed E-state index contributed by atoms with van der Waals surface area (Å²) < 4.78 is 5.07. The van der Waals surface area contributed by atoms with E-state index < -0.39 is 0 Å². The lowest BCUT2D eigenvalue weighted by atomic mass is 10.2. The number of hydrogen-bond acceptors (Lipinski definition) is 6. The van der Waals surface area contributed by atoms with Gasteiger partial charge in [0.25, 0.3) is 0 Å². The van der Waals surface area contributed by atoms with Crippen LogP contribution in [0.25, 0.3) is 22.6 Å². The van der Waals surface area contributed by atoms with E-state index in [1.165, 1.54) is 0 Å². The fourth-order valence-corrected chi connectivity index (χ4v) is 2.11. The van der Waals surface area contributed by atoms with Crippen molar-refractivity contribution in [2.24, 2.45) is 0 Å². The lowest BCUT2D eigenvalue weighted by molar-refractivity contribution is 0.210. The summed E-state index contributed by atoms with van der Waals surface area (Å²) in [6.45, 7) is 1.28. The molecule has 0 aliphatic rings. The van der Waals surface area contributed by atoms with Gasteiger partial charge >= 0.3 is 0 Å². The van der Waals surface area contributed by atoms with Crippen molar-refractivity contribution in [1.82, 2.24) is 19.9 Å². The Kier molecular flexibility index (Phi) is 4.85. The van der Waals surface area contributed by atoms with Gasteiger partial charge < -0.3 is 10.1 Å². The van der Waals surface area contributed by atoms with E-state index in [2.05, 4.69) is 25.3 Å². The summed E-state index contributed by atoms with van der Waals surface area (Å²) in [6, 6.07) is 9.56. The van der Waals surface area contributed by atoms with Gasteiger partial charge in [0.15, 0.2) is 5.82 Å². The number of ether oxygens (including phenoxy) is 1. The van der Waals surface area contributed by atoms with Gasteiger partial charge in [0.1, 0.15) is 5.82 Å². The summed E-state index contributed by atoms with van der Waals surface area (Å²) >= 11 is 0. The van der Waals surface area contributed by atoms with Gasteiger partial charge in [0, 0.05) is 55.6 Å². The molecule has 3 heterocycles. The predicted octanol–water partition coefficient (Wildman–Crippen LogP) is 2.66. The molecule has 6 nitrogen and oxygen atoms in total. The Morgan fingerprint density at radius 3 is 2.61 bits per heavy atom. The van der Waals surface area contributed by atoms with Crippen molar-refractivity contribution < 1.29 is 4.74 Å². The molecule has 0 bridgehead atoms. The van der Waals surface area contributed by atoms with E-state index in [1.54, 1.807) is 31.9 Å². The second-order valence-electron chi connectivity index (χ2n) is 4.86. The first-order valence-electron chi connectivity index (χ1n) is 7.29. The van der Waals surface area contributed by atoms with Crippen molar-refractivity contribution in [2.75, 3.05) is 25.6 Å². The number of aromatic nitrogens is 4. The highest BCUT2D eigenvalue weighted by atomic mass is 16.5. The van der Waals surface area contributed by atoms with Crippen LogP contribution in [0, 0.1) is 0 Å². The summed E-state index contributed by atoms with van der Waals surface area (Å²) in [5.74, 6) is 1.40. The van der Waals surface area contributed by atoms with E-state index in [4.69, 9.17) is 4.74 Å². The highest BCUT2D eigenvalue weighted by Crippen LogP contribution is 2.23. The van der Waals surface area contributed by atoms with E-state index >= 15 is 0 Å². The number of nitrogens with one attached hydrogen (secondary N) is 1. The van der Waals surface area contributed by atoms with Crippen molar-refractivity contribution in [2.45, 2.75) is 0 Å². The summed E-state index contributed by atoms with van der Waals surface area (Å²) in [6.07, 6.45) is 6.99. The minimum absolute atomic E-state index is 0.608. The van der Waals surface area contributed by atoms with Crippen LogP contribution in [0.1, 0.15) is 0 Å². The smallest absolute Gasteiger partial charge is 0.162 e. The first-order chi connectivity index (χ1) is 11.4. The molecule has 3 rings (SSSR count). The Hall–Kier alpha value is -2.86. The maximum atomic E-state index is 5.07. The van der Waals surface area contributed by atoms with E-state index in [-0.39, 0.29) is 0 Å². The standard InChI is InChI=1S/C17H17N5O/c1-23-10-9-20-16-11-15(14-3-2-6-19-12-14)21-17(22-16)13-4-7-18-8-5-13/h2-8,11-12H,9-10H2,1H3,(H,20,21,22). The topological polar surface area (TPSA) is 72.8 Å². The molecule has 0 aliphatic heterocycles. The molecule has 116 valence electrons. The van der Waals surface area contributed by atoms with Gasteiger partial charge in [-0.05, 0) is 24.3 Å². The lowest BCUT2D eigenvalue weighted by Crippen LogP contribution is -2.10. The molecule has 3 aromatic rings. The Balaban J connectivity index is 2.00. The second kappa shape index (κ2) is 7.42. The predicted molar refractivity (Wildman–Crippen MR) is 88.9 cm³/mol. The van der Waals surface area contributed by atoms with Gasteiger partial charge in [0.2, 0.25) is 0 Å². The van der Waals surface area contributed by atoms with Crippen LogP contribution < -0.4 is 5.32 Å². The van der Waals surface area contributed by atoms with Crippen molar-refractivity contribution in [3.8, 4) is 22.6 Å². The van der Waals surface area contributed by atoms with Crippen LogP contribution in [0.4, 0.5) is 5.82 Å². The van der Waals surface area contributed by atoms with E-state index in [0.29, 0.717) is 19.0 Å². The molecule has 0 radical (unpaired) electrons. The average Bonchev–Trinajstić information content (AvgIpc) is 2.63. The molecule has 0 saturated carbocycles. The highest BCUT2D eigenvalue weighted by molar-refractivity contribution is 5.66. The Bertz CT molecular complexity index is 692. The summed E-state index contributed by atoms with van der Waals surface area (Å²) in [7, 11) is 1.67. The van der Waals surface area contributed by atoms with Gasteiger partial charge in [-0.3, -0.25) is 9.97 Å². The van der Waals surface area contributed by atoms with Gasteiger partial charge in [-0.25, -0.2) is 9.97 Å². The lowest BCUT2D eigenvalue weighted by Gasteiger charge is -2.10. The van der Waals surface area contributed by atoms with Crippen LogP contribution in [0.5, 0.6) is 0 Å². The molecular weight excluding hydrogens is 290 g/mol. The molecule has 0 aromatic carbocycles. The first-order valence-corrected chi connectivity index (χ1v) is 7.29. The maximum Gasteiger partial charge on any atom is 0.162 e. The quantitative estimate of drug-likeness (QED) is 0.706. The molecule has 3 aromatic heterocycles. The van der Waals surface area contributed by atoms with Crippen molar-refractivity contribution in [3.63, 3.8) is 0 Å². The van der Waals surface area contributed by atoms with Gasteiger partial charge in [-0.1, -0.05) is 0 Å². The zero-order chi connectivity index (χ0) is 15.9. The average molecular weight is 307 g/mol. The molecule has 0 saturated heterocycles. The number of methoxy groups -OCH3 is 1. The van der Waals surface area contributed by atoms with Crippen molar-refractivity contribution in [3.05, 3.63) is 55.1 Å². The molecule has 0 amide bonds. The number of anilines is 1. The number of hydrogen-bond donors (Lipinski definition) is 1. The first kappa shape index (κ1) is 15.1. The minimum Gasteiger partial charge on any atom is -0.383 e. The fraction of sp³-hybridized carbons (Fsp3) is 0.176. The van der Waals surface area contributed by atoms with Gasteiger partial charge in [-0.15, -0.1) is 0 Å². The third-order valence-electron chi connectivity index (χ3n) is 3.23. The molecule has 0 atom stereocenters. The fourth-order valence-electron chi connectivity index (χ4n) is 2.11. The molecule has 0 unspecified atom stereocenters. The van der Waals surface area contributed by atoms with Gasteiger partial charge in [-0.2, -0.15) is 0 Å². The normalized spacial score (nSPS) is 10.5. The Morgan fingerprint density at radius 1 is 1.00 bits per heavy atom. The van der Waals surface area contributed by atoms with Crippen LogP contribution in [0.3, 0.4) is 0 Å². The zero-order valence-electron chi connectivity index (χ0n) is 12.8. The highest BCUT2D eigenvalue weighted by Gasteiger charge is 2.08. The Labute approximate surface area is 134 Å². The monoisotopic (exact) mass is 307 g/mol. The third-order valence-corrected chi connectivity index (χ3v) is 3.23. The van der Waals surface area contributed by atoms with Crippen molar-refractivity contribution in [1.29, 1.82) is 0 Å². The van der Waals surface area contributed by atoms with Crippen LogP contribution in [-0.4, -0.2) is 40.2 Å². The molecule has 0 spiro atoms. The maximum absolute atomic E-state index is 5.07. The second-order valence-corrected chi connectivity index (χ2v) is 4.86. The molecule has 6 heteroatoms. The summed E-state index contributed by atoms with van der Waals surface area (Å²) in [5, 5.41) is 3.25. The molecule has 1 N–H and O–H groups in total. The van der Waals surface area contributed by atoms with Gasteiger partial charge in [0.05, 0.1) is 12.3 Å². The molecule has 23 heavy (non-hydrogen) atoms. The molecule has 0 fully saturated rings. The number of nitrogens with zero attached hydrogens (tertiary/aromatic N) is 4. The minimum atomic E-state index is 0.608. The molecule has 0 aliphatic carbocycles. The number of pyridine rings is 2. The van der Waals surface area contributed by atoms with E-state index in [0.717, 1.165) is 22.6 Å². The molecular formula is C17H17N5O. The third kappa shape index (κ3) is 3.87. The Morgan fingerprint density at radius 2 is 1.87 bits per heavy atom. The van der Waals surface area contributed by atoms with Crippen LogP contribution >= 0.6 is 0 Å². The largest absolute Gasteiger partial charge is 0.383 e.